The van der Waals surface area contributed by atoms with Gasteiger partial charge in [0, 0.05) is 22.6 Å². The van der Waals surface area contributed by atoms with Crippen LogP contribution in [-0.2, 0) is 22.6 Å². The molecule has 0 bridgehead atoms. The van der Waals surface area contributed by atoms with Gasteiger partial charge in [-0.15, -0.1) is 0 Å². The average Bonchev–Trinajstić information content (AvgIpc) is 3.23. The third-order valence-corrected chi connectivity index (χ3v) is 6.23. The van der Waals surface area contributed by atoms with E-state index in [1.807, 2.05) is 43.3 Å². The molecule has 2 aromatic carbocycles. The van der Waals surface area contributed by atoms with Crippen LogP contribution in [-0.4, -0.2) is 28.8 Å². The second-order valence-electron chi connectivity index (χ2n) is 7.83. The van der Waals surface area contributed by atoms with Crippen molar-refractivity contribution in [2.75, 3.05) is 0 Å². The first kappa shape index (κ1) is 22.6. The Morgan fingerprint density at radius 2 is 1.80 bits per heavy atom. The van der Waals surface area contributed by atoms with Crippen LogP contribution >= 0.6 is 23.2 Å². The largest absolute Gasteiger partial charge is 0.352 e. The predicted octanol–water partition coefficient (Wildman–Crippen LogP) is 5.40. The van der Waals surface area contributed by atoms with Crippen molar-refractivity contribution >= 4 is 35.0 Å². The summed E-state index contributed by atoms with van der Waals surface area (Å²) < 4.78 is 0. The first-order valence-corrected chi connectivity index (χ1v) is 11.3. The van der Waals surface area contributed by atoms with Gasteiger partial charge in [0.1, 0.15) is 6.04 Å². The van der Waals surface area contributed by atoms with Crippen LogP contribution in [0.15, 0.2) is 48.5 Å². The Bertz CT molecular complexity index is 867. The summed E-state index contributed by atoms with van der Waals surface area (Å²) in [4.78, 5) is 28.1. The molecule has 3 rings (SSSR count). The molecule has 0 aromatic heterocycles. The van der Waals surface area contributed by atoms with Gasteiger partial charge in [0.2, 0.25) is 11.8 Å². The molecule has 2 aromatic rings. The van der Waals surface area contributed by atoms with Gasteiger partial charge in [-0.25, -0.2) is 0 Å². The Hall–Kier alpha value is -2.04. The van der Waals surface area contributed by atoms with Crippen LogP contribution in [0.2, 0.25) is 10.0 Å². The summed E-state index contributed by atoms with van der Waals surface area (Å²) in [6.45, 7) is 2.20. The highest BCUT2D eigenvalue weighted by Crippen LogP contribution is 2.25. The molecule has 1 N–H and O–H groups in total. The van der Waals surface area contributed by atoms with E-state index >= 15 is 0 Å². The molecule has 2 amide bonds. The molecule has 4 nitrogen and oxygen atoms in total. The van der Waals surface area contributed by atoms with Gasteiger partial charge in [-0.1, -0.05) is 79.4 Å². The lowest BCUT2D eigenvalue weighted by Crippen LogP contribution is -2.51. The van der Waals surface area contributed by atoms with Crippen molar-refractivity contribution in [3.63, 3.8) is 0 Å². The minimum atomic E-state index is -0.548. The van der Waals surface area contributed by atoms with Gasteiger partial charge in [-0.05, 0) is 42.5 Å². The van der Waals surface area contributed by atoms with Crippen molar-refractivity contribution in [3.05, 3.63) is 69.7 Å². The fraction of sp³-hybridized carbons (Fsp3) is 0.417. The second kappa shape index (κ2) is 10.8. The minimum absolute atomic E-state index is 0.0871. The molecule has 160 valence electrons. The minimum Gasteiger partial charge on any atom is -0.352 e. The predicted molar refractivity (Wildman–Crippen MR) is 122 cm³/mol. The lowest BCUT2D eigenvalue weighted by molar-refractivity contribution is -0.141. The number of nitrogens with zero attached hydrogens (tertiary/aromatic N) is 1. The lowest BCUT2D eigenvalue weighted by Gasteiger charge is -2.32. The van der Waals surface area contributed by atoms with Crippen LogP contribution in [0.1, 0.15) is 50.2 Å². The van der Waals surface area contributed by atoms with Crippen LogP contribution in [0.5, 0.6) is 0 Å². The molecule has 1 saturated carbocycles. The fourth-order valence-electron chi connectivity index (χ4n) is 3.99. The molecular formula is C24H28Cl2N2O2. The number of rotatable bonds is 8. The number of carbonyl (C=O) groups excluding carboxylic acids is 2. The van der Waals surface area contributed by atoms with Crippen molar-refractivity contribution < 1.29 is 9.59 Å². The summed E-state index contributed by atoms with van der Waals surface area (Å²) >= 11 is 12.4. The maximum Gasteiger partial charge on any atom is 0.243 e. The molecule has 0 radical (unpaired) electrons. The molecule has 0 spiro atoms. The summed E-state index contributed by atoms with van der Waals surface area (Å²) in [5.41, 5.74) is 1.69. The highest BCUT2D eigenvalue weighted by atomic mass is 35.5. The Labute approximate surface area is 188 Å². The zero-order valence-corrected chi connectivity index (χ0v) is 18.8. The van der Waals surface area contributed by atoms with E-state index in [9.17, 15) is 9.59 Å². The summed E-state index contributed by atoms with van der Waals surface area (Å²) in [7, 11) is 0. The van der Waals surface area contributed by atoms with Crippen LogP contribution < -0.4 is 5.32 Å². The van der Waals surface area contributed by atoms with E-state index in [1.54, 1.807) is 17.0 Å². The first-order valence-electron chi connectivity index (χ1n) is 10.6. The number of carbonyl (C=O) groups is 2. The van der Waals surface area contributed by atoms with Gasteiger partial charge in [-0.3, -0.25) is 9.59 Å². The topological polar surface area (TPSA) is 49.4 Å². The molecule has 1 atom stereocenters. The number of nitrogens with one attached hydrogen (secondary N) is 1. The van der Waals surface area contributed by atoms with Crippen LogP contribution in [0, 0.1) is 0 Å². The maximum atomic E-state index is 13.3. The van der Waals surface area contributed by atoms with Crippen molar-refractivity contribution in [2.24, 2.45) is 0 Å². The normalized spacial score (nSPS) is 15.0. The van der Waals surface area contributed by atoms with Crippen molar-refractivity contribution in [3.8, 4) is 0 Å². The van der Waals surface area contributed by atoms with E-state index in [0.29, 0.717) is 16.5 Å². The number of hydrogen-bond acceptors (Lipinski definition) is 2. The second-order valence-corrected chi connectivity index (χ2v) is 8.68. The SMILES string of the molecule is CCC(C(=O)NC1CCCC1)N(Cc1ccc(Cl)cc1Cl)C(=O)Cc1ccccc1. The highest BCUT2D eigenvalue weighted by molar-refractivity contribution is 6.35. The number of halogens is 2. The fourth-order valence-corrected chi connectivity index (χ4v) is 4.46. The van der Waals surface area contributed by atoms with E-state index in [-0.39, 0.29) is 30.8 Å². The van der Waals surface area contributed by atoms with Crippen molar-refractivity contribution in [2.45, 2.75) is 64.1 Å². The molecule has 6 heteroatoms. The van der Waals surface area contributed by atoms with Gasteiger partial charge >= 0.3 is 0 Å². The van der Waals surface area contributed by atoms with E-state index in [1.165, 1.54) is 0 Å². The standard InChI is InChI=1S/C24H28Cl2N2O2/c1-2-22(24(30)27-20-10-6-7-11-20)28(16-18-12-13-19(25)15-21(18)26)23(29)14-17-8-4-3-5-9-17/h3-5,8-9,12-13,15,20,22H,2,6-7,10-11,14,16H2,1H3,(H,27,30). The maximum absolute atomic E-state index is 13.3. The molecule has 1 unspecified atom stereocenters. The van der Waals surface area contributed by atoms with E-state index in [4.69, 9.17) is 23.2 Å². The zero-order chi connectivity index (χ0) is 21.5. The molecule has 0 aliphatic heterocycles. The Kier molecular flexibility index (Phi) is 8.17. The van der Waals surface area contributed by atoms with Gasteiger partial charge in [0.25, 0.3) is 0 Å². The van der Waals surface area contributed by atoms with Gasteiger partial charge < -0.3 is 10.2 Å². The van der Waals surface area contributed by atoms with Gasteiger partial charge in [0.05, 0.1) is 6.42 Å². The molecular weight excluding hydrogens is 419 g/mol. The van der Waals surface area contributed by atoms with E-state index in [2.05, 4.69) is 5.32 Å². The van der Waals surface area contributed by atoms with E-state index in [0.717, 1.165) is 36.8 Å². The Morgan fingerprint density at radius 1 is 1.10 bits per heavy atom. The Balaban J connectivity index is 1.83. The highest BCUT2D eigenvalue weighted by Gasteiger charge is 2.31. The molecule has 30 heavy (non-hydrogen) atoms. The molecule has 0 saturated heterocycles. The quantitative estimate of drug-likeness (QED) is 0.589. The molecule has 1 fully saturated rings. The molecule has 1 aliphatic rings. The number of hydrogen-bond donors (Lipinski definition) is 1. The molecule has 1 aliphatic carbocycles. The first-order chi connectivity index (χ1) is 14.5. The monoisotopic (exact) mass is 446 g/mol. The van der Waals surface area contributed by atoms with Crippen LogP contribution in [0.3, 0.4) is 0 Å². The summed E-state index contributed by atoms with van der Waals surface area (Å²) in [5, 5.41) is 4.18. The van der Waals surface area contributed by atoms with Crippen molar-refractivity contribution in [1.82, 2.24) is 10.2 Å². The lowest BCUT2D eigenvalue weighted by atomic mass is 10.1. The third kappa shape index (κ3) is 5.99. The summed E-state index contributed by atoms with van der Waals surface area (Å²) in [6, 6.07) is 14.5. The summed E-state index contributed by atoms with van der Waals surface area (Å²) in [5.74, 6) is -0.184. The van der Waals surface area contributed by atoms with Crippen LogP contribution in [0.4, 0.5) is 0 Å². The summed E-state index contributed by atoms with van der Waals surface area (Å²) in [6.07, 6.45) is 5.05. The number of benzene rings is 2. The van der Waals surface area contributed by atoms with Gasteiger partial charge in [0.15, 0.2) is 0 Å². The van der Waals surface area contributed by atoms with Crippen molar-refractivity contribution in [1.29, 1.82) is 0 Å². The smallest absolute Gasteiger partial charge is 0.243 e. The molecule has 0 heterocycles. The average molecular weight is 447 g/mol. The third-order valence-electron chi connectivity index (χ3n) is 5.64. The van der Waals surface area contributed by atoms with Gasteiger partial charge in [-0.2, -0.15) is 0 Å². The number of amides is 2. The zero-order valence-electron chi connectivity index (χ0n) is 17.2. The van der Waals surface area contributed by atoms with Crippen LogP contribution in [0.25, 0.3) is 0 Å². The van der Waals surface area contributed by atoms with E-state index < -0.39 is 6.04 Å². The Morgan fingerprint density at radius 3 is 2.43 bits per heavy atom.